The molecule has 0 unspecified atom stereocenters. The van der Waals surface area contributed by atoms with Crippen molar-refractivity contribution in [2.45, 2.75) is 40.7 Å². The van der Waals surface area contributed by atoms with Crippen LogP contribution in [0.25, 0.3) is 11.0 Å². The van der Waals surface area contributed by atoms with Crippen LogP contribution in [0.3, 0.4) is 0 Å². The van der Waals surface area contributed by atoms with Crippen molar-refractivity contribution in [2.75, 3.05) is 52.1 Å². The summed E-state index contributed by atoms with van der Waals surface area (Å²) in [5.74, 6) is 0.954. The molecule has 0 fully saturated rings. The Labute approximate surface area is 152 Å². The molecule has 2 rings (SSSR count). The fourth-order valence-corrected chi connectivity index (χ4v) is 3.27. The highest BCUT2D eigenvalue weighted by atomic mass is 15.1. The first-order valence-electron chi connectivity index (χ1n) is 9.40. The van der Waals surface area contributed by atoms with Gasteiger partial charge in [-0.3, -0.25) is 0 Å². The van der Waals surface area contributed by atoms with Crippen molar-refractivity contribution in [1.29, 1.82) is 0 Å². The van der Waals surface area contributed by atoms with Crippen LogP contribution >= 0.6 is 0 Å². The first-order chi connectivity index (χ1) is 12.0. The maximum Gasteiger partial charge on any atom is 0.145 e. The molecule has 0 aromatic carbocycles. The van der Waals surface area contributed by atoms with Crippen molar-refractivity contribution in [3.8, 4) is 0 Å². The van der Waals surface area contributed by atoms with Gasteiger partial charge in [0.2, 0.25) is 0 Å². The number of fused-ring (bicyclic) bond motifs is 1. The largest absolute Gasteiger partial charge is 0.368 e. The molecule has 0 aliphatic heterocycles. The van der Waals surface area contributed by atoms with E-state index >= 15 is 0 Å². The molecular formula is C19H34N6. The zero-order chi connectivity index (χ0) is 18.4. The van der Waals surface area contributed by atoms with Crippen molar-refractivity contribution in [3.05, 3.63) is 17.6 Å². The highest BCUT2D eigenvalue weighted by molar-refractivity contribution is 5.91. The number of aromatic nitrogens is 3. The van der Waals surface area contributed by atoms with E-state index in [1.165, 1.54) is 16.6 Å². The predicted molar refractivity (Wildman–Crippen MR) is 106 cm³/mol. The molecule has 0 aliphatic carbocycles. The number of likely N-dealkylation sites (N-methyl/N-ethyl adjacent to an activating group) is 1. The smallest absolute Gasteiger partial charge is 0.145 e. The lowest BCUT2D eigenvalue weighted by atomic mass is 10.2. The van der Waals surface area contributed by atoms with E-state index in [2.05, 4.69) is 71.4 Å². The van der Waals surface area contributed by atoms with Crippen LogP contribution in [0.4, 0.5) is 5.82 Å². The maximum absolute atomic E-state index is 4.59. The average molecular weight is 347 g/mol. The molecule has 0 bridgehead atoms. The molecule has 0 saturated carbocycles. The average Bonchev–Trinajstić information content (AvgIpc) is 2.84. The number of hydrogen-bond acceptors (Lipinski definition) is 5. The van der Waals surface area contributed by atoms with Gasteiger partial charge in [0, 0.05) is 25.3 Å². The van der Waals surface area contributed by atoms with Gasteiger partial charge < -0.3 is 19.7 Å². The third-order valence-corrected chi connectivity index (χ3v) is 5.01. The minimum absolute atomic E-state index is 0.880. The van der Waals surface area contributed by atoms with Crippen LogP contribution in [0.15, 0.2) is 6.33 Å². The first-order valence-corrected chi connectivity index (χ1v) is 9.40. The van der Waals surface area contributed by atoms with E-state index in [0.717, 1.165) is 57.2 Å². The molecule has 0 radical (unpaired) electrons. The number of nitrogens with one attached hydrogen (secondary N) is 1. The van der Waals surface area contributed by atoms with Gasteiger partial charge in [0.25, 0.3) is 0 Å². The molecule has 2 aromatic heterocycles. The lowest BCUT2D eigenvalue weighted by Crippen LogP contribution is -2.25. The summed E-state index contributed by atoms with van der Waals surface area (Å²) in [6, 6.07) is 0. The van der Waals surface area contributed by atoms with Crippen molar-refractivity contribution < 1.29 is 0 Å². The summed E-state index contributed by atoms with van der Waals surface area (Å²) in [5.41, 5.74) is 3.63. The van der Waals surface area contributed by atoms with Crippen LogP contribution in [0.5, 0.6) is 0 Å². The molecule has 0 atom stereocenters. The van der Waals surface area contributed by atoms with E-state index in [4.69, 9.17) is 0 Å². The summed E-state index contributed by atoms with van der Waals surface area (Å²) >= 11 is 0. The maximum atomic E-state index is 4.59. The molecule has 6 nitrogen and oxygen atoms in total. The molecule has 0 amide bonds. The fraction of sp³-hybridized carbons (Fsp3) is 0.684. The second kappa shape index (κ2) is 9.15. The minimum atomic E-state index is 0.880. The summed E-state index contributed by atoms with van der Waals surface area (Å²) < 4.78 is 2.35. The van der Waals surface area contributed by atoms with Gasteiger partial charge in [0.1, 0.15) is 17.8 Å². The lowest BCUT2D eigenvalue weighted by Gasteiger charge is -2.18. The van der Waals surface area contributed by atoms with Crippen LogP contribution in [-0.2, 0) is 6.54 Å². The number of hydrogen-bond donors (Lipinski definition) is 1. The first kappa shape index (κ1) is 19.7. The monoisotopic (exact) mass is 346 g/mol. The SMILES string of the molecule is CCN(CC)CCCn1c(C)c(C)c2c(NCCN(C)C)ncnc21. The molecule has 25 heavy (non-hydrogen) atoms. The molecule has 1 N–H and O–H groups in total. The van der Waals surface area contributed by atoms with Gasteiger partial charge >= 0.3 is 0 Å². The van der Waals surface area contributed by atoms with Crippen molar-refractivity contribution in [3.63, 3.8) is 0 Å². The zero-order valence-corrected chi connectivity index (χ0v) is 16.8. The van der Waals surface area contributed by atoms with Crippen LogP contribution in [0.2, 0.25) is 0 Å². The number of aryl methyl sites for hydroxylation is 2. The Morgan fingerprint density at radius 1 is 1.08 bits per heavy atom. The zero-order valence-electron chi connectivity index (χ0n) is 16.8. The summed E-state index contributed by atoms with van der Waals surface area (Å²) in [6.07, 6.45) is 2.82. The summed E-state index contributed by atoms with van der Waals surface area (Å²) in [5, 5.41) is 4.65. The van der Waals surface area contributed by atoms with Gasteiger partial charge in [0.15, 0.2) is 0 Å². The van der Waals surface area contributed by atoms with Crippen LogP contribution in [0.1, 0.15) is 31.5 Å². The highest BCUT2D eigenvalue weighted by Crippen LogP contribution is 2.28. The van der Waals surface area contributed by atoms with Crippen LogP contribution < -0.4 is 5.32 Å². The van der Waals surface area contributed by atoms with E-state index < -0.39 is 0 Å². The number of rotatable bonds is 10. The summed E-state index contributed by atoms with van der Waals surface area (Å²) in [7, 11) is 4.16. The van der Waals surface area contributed by atoms with Gasteiger partial charge in [-0.15, -0.1) is 0 Å². The number of nitrogens with zero attached hydrogens (tertiary/aromatic N) is 5. The minimum Gasteiger partial charge on any atom is -0.368 e. The van der Waals surface area contributed by atoms with E-state index in [9.17, 15) is 0 Å². The van der Waals surface area contributed by atoms with Gasteiger partial charge in [-0.2, -0.15) is 0 Å². The van der Waals surface area contributed by atoms with Crippen molar-refractivity contribution in [2.24, 2.45) is 0 Å². The fourth-order valence-electron chi connectivity index (χ4n) is 3.27. The van der Waals surface area contributed by atoms with Gasteiger partial charge in [-0.05, 0) is 59.6 Å². The molecule has 0 spiro atoms. The summed E-state index contributed by atoms with van der Waals surface area (Å²) in [4.78, 5) is 13.7. The third kappa shape index (κ3) is 4.70. The molecule has 6 heteroatoms. The van der Waals surface area contributed by atoms with Crippen LogP contribution in [-0.4, -0.2) is 71.2 Å². The van der Waals surface area contributed by atoms with Gasteiger partial charge in [0.05, 0.1) is 5.39 Å². The van der Waals surface area contributed by atoms with Crippen molar-refractivity contribution in [1.82, 2.24) is 24.3 Å². The Morgan fingerprint density at radius 3 is 2.44 bits per heavy atom. The van der Waals surface area contributed by atoms with E-state index in [1.54, 1.807) is 6.33 Å². The van der Waals surface area contributed by atoms with Gasteiger partial charge in [-0.25, -0.2) is 9.97 Å². The Hall–Kier alpha value is -1.66. The molecule has 0 saturated heterocycles. The third-order valence-electron chi connectivity index (χ3n) is 5.01. The van der Waals surface area contributed by atoms with Gasteiger partial charge in [-0.1, -0.05) is 13.8 Å². The molecule has 2 aromatic rings. The van der Waals surface area contributed by atoms with Crippen LogP contribution in [0, 0.1) is 13.8 Å². The second-order valence-corrected chi connectivity index (χ2v) is 6.89. The van der Waals surface area contributed by atoms with Crippen molar-refractivity contribution >= 4 is 16.9 Å². The standard InChI is InChI=1S/C19H34N6/c1-7-24(8-2)11-9-12-25-16(4)15(3)17-18(20-10-13-23(5)6)21-14-22-19(17)25/h14H,7-13H2,1-6H3,(H,20,21,22). The van der Waals surface area contributed by atoms with E-state index in [-0.39, 0.29) is 0 Å². The summed E-state index contributed by atoms with van der Waals surface area (Å²) in [6.45, 7) is 15.0. The molecule has 0 aliphatic rings. The quantitative estimate of drug-likeness (QED) is 0.717. The lowest BCUT2D eigenvalue weighted by molar-refractivity contribution is 0.293. The topological polar surface area (TPSA) is 49.2 Å². The Balaban J connectivity index is 2.20. The normalized spacial score (nSPS) is 11.8. The Morgan fingerprint density at radius 2 is 1.80 bits per heavy atom. The molecule has 2 heterocycles. The molecule has 140 valence electrons. The number of anilines is 1. The Kier molecular flexibility index (Phi) is 7.20. The predicted octanol–water partition coefficient (Wildman–Crippen LogP) is 2.75. The van der Waals surface area contributed by atoms with E-state index in [0.29, 0.717) is 0 Å². The molecular weight excluding hydrogens is 312 g/mol. The Bertz CT molecular complexity index is 672. The highest BCUT2D eigenvalue weighted by Gasteiger charge is 2.16. The van der Waals surface area contributed by atoms with E-state index in [1.807, 2.05) is 0 Å². The second-order valence-electron chi connectivity index (χ2n) is 6.89.